The number of benzene rings is 1. The van der Waals surface area contributed by atoms with Crippen molar-refractivity contribution in [3.05, 3.63) is 66.5 Å². The minimum atomic E-state index is -3.61. The summed E-state index contributed by atoms with van der Waals surface area (Å²) in [4.78, 5) is 8.19. The fraction of sp³-hybridized carbons (Fsp3) is 0.188. The Bertz CT molecular complexity index is 922. The molecule has 0 radical (unpaired) electrons. The van der Waals surface area contributed by atoms with Crippen LogP contribution in [0.3, 0.4) is 0 Å². The van der Waals surface area contributed by atoms with Crippen LogP contribution in [0.15, 0.2) is 60.1 Å². The van der Waals surface area contributed by atoms with Gasteiger partial charge in [-0.1, -0.05) is 18.2 Å². The Hall–Kier alpha value is -2.58. The molecule has 0 bridgehead atoms. The molecule has 8 heteroatoms. The fourth-order valence-electron chi connectivity index (χ4n) is 2.25. The van der Waals surface area contributed by atoms with E-state index in [0.29, 0.717) is 6.42 Å². The topological polar surface area (TPSA) is 89.8 Å². The van der Waals surface area contributed by atoms with Crippen LogP contribution in [0.1, 0.15) is 11.3 Å². The molecular weight excluding hydrogens is 326 g/mol. The van der Waals surface area contributed by atoms with E-state index in [1.54, 1.807) is 23.3 Å². The summed E-state index contributed by atoms with van der Waals surface area (Å²) in [5.41, 5.74) is 2.59. The molecule has 0 unspecified atom stereocenters. The van der Waals surface area contributed by atoms with E-state index < -0.39 is 10.0 Å². The molecule has 0 spiro atoms. The van der Waals surface area contributed by atoms with E-state index in [-0.39, 0.29) is 11.4 Å². The van der Waals surface area contributed by atoms with Crippen molar-refractivity contribution in [2.45, 2.75) is 18.2 Å². The highest BCUT2D eigenvalue weighted by molar-refractivity contribution is 7.89. The lowest BCUT2D eigenvalue weighted by Crippen LogP contribution is -2.26. The van der Waals surface area contributed by atoms with E-state index in [2.05, 4.69) is 19.8 Å². The van der Waals surface area contributed by atoms with Crippen molar-refractivity contribution in [1.29, 1.82) is 0 Å². The van der Waals surface area contributed by atoms with Crippen LogP contribution in [-0.2, 0) is 16.4 Å². The summed E-state index contributed by atoms with van der Waals surface area (Å²) >= 11 is 0. The van der Waals surface area contributed by atoms with Crippen LogP contribution in [0, 0.1) is 6.92 Å². The third-order valence-corrected chi connectivity index (χ3v) is 4.94. The Morgan fingerprint density at radius 3 is 2.75 bits per heavy atom. The summed E-state index contributed by atoms with van der Waals surface area (Å²) in [5, 5.41) is 4.15. The van der Waals surface area contributed by atoms with Gasteiger partial charge < -0.3 is 0 Å². The lowest BCUT2D eigenvalue weighted by atomic mass is 10.2. The molecule has 0 aliphatic heterocycles. The lowest BCUT2D eigenvalue weighted by Gasteiger charge is -2.05. The van der Waals surface area contributed by atoms with E-state index in [1.807, 2.05) is 31.2 Å². The molecule has 2 heterocycles. The maximum absolute atomic E-state index is 12.4. The zero-order chi connectivity index (χ0) is 17.0. The highest BCUT2D eigenvalue weighted by Crippen LogP contribution is 2.15. The van der Waals surface area contributed by atoms with Gasteiger partial charge >= 0.3 is 0 Å². The average molecular weight is 343 g/mol. The van der Waals surface area contributed by atoms with Crippen molar-refractivity contribution in [2.24, 2.45) is 0 Å². The van der Waals surface area contributed by atoms with Crippen molar-refractivity contribution >= 4 is 10.0 Å². The van der Waals surface area contributed by atoms with Crippen LogP contribution < -0.4 is 4.72 Å². The Labute approximate surface area is 140 Å². The predicted octanol–water partition coefficient (Wildman–Crippen LogP) is 1.49. The zero-order valence-electron chi connectivity index (χ0n) is 13.1. The monoisotopic (exact) mass is 343 g/mol. The Morgan fingerprint density at radius 2 is 2.00 bits per heavy atom. The largest absolute Gasteiger partial charge is 0.261 e. The van der Waals surface area contributed by atoms with Crippen LogP contribution >= 0.6 is 0 Å². The van der Waals surface area contributed by atoms with Gasteiger partial charge in [-0.2, -0.15) is 5.10 Å². The highest BCUT2D eigenvalue weighted by atomic mass is 32.2. The van der Waals surface area contributed by atoms with Crippen LogP contribution in [0.5, 0.6) is 0 Å². The molecule has 2 aromatic heterocycles. The molecule has 124 valence electrons. The summed E-state index contributed by atoms with van der Waals surface area (Å²) in [6.45, 7) is 2.20. The second-order valence-electron chi connectivity index (χ2n) is 5.25. The molecule has 3 aromatic rings. The summed E-state index contributed by atoms with van der Waals surface area (Å²) in [7, 11) is -3.61. The number of aryl methyl sites for hydroxylation is 1. The molecular formula is C16H17N5O2S. The van der Waals surface area contributed by atoms with Crippen LogP contribution in [0.2, 0.25) is 0 Å². The van der Waals surface area contributed by atoms with Crippen molar-refractivity contribution in [3.63, 3.8) is 0 Å². The Kier molecular flexibility index (Phi) is 4.68. The van der Waals surface area contributed by atoms with Gasteiger partial charge in [-0.15, -0.1) is 0 Å². The molecule has 0 fully saturated rings. The van der Waals surface area contributed by atoms with Crippen molar-refractivity contribution in [3.8, 4) is 5.69 Å². The van der Waals surface area contributed by atoms with Gasteiger partial charge in [-0.3, -0.25) is 9.97 Å². The molecule has 3 rings (SSSR count). The fourth-order valence-corrected chi connectivity index (χ4v) is 3.22. The van der Waals surface area contributed by atoms with Gasteiger partial charge in [0.05, 0.1) is 23.8 Å². The van der Waals surface area contributed by atoms with Gasteiger partial charge in [0.15, 0.2) is 0 Å². The van der Waals surface area contributed by atoms with Gasteiger partial charge in [-0.25, -0.2) is 17.8 Å². The van der Waals surface area contributed by atoms with Crippen molar-refractivity contribution < 1.29 is 8.42 Å². The van der Waals surface area contributed by atoms with E-state index >= 15 is 0 Å². The first-order valence-electron chi connectivity index (χ1n) is 7.41. The standard InChI is InChI=1S/C16H17N5O2S/c1-13-4-2-3-5-16(13)21-12-15(11-19-21)24(22,23)20-7-6-14-10-17-8-9-18-14/h2-5,8-12,20H,6-7H2,1H3. The Morgan fingerprint density at radius 1 is 1.17 bits per heavy atom. The maximum Gasteiger partial charge on any atom is 0.243 e. The molecule has 0 aliphatic rings. The zero-order valence-corrected chi connectivity index (χ0v) is 13.9. The third kappa shape index (κ3) is 3.66. The number of rotatable bonds is 6. The number of para-hydroxylation sites is 1. The first-order valence-corrected chi connectivity index (χ1v) is 8.90. The average Bonchev–Trinajstić information content (AvgIpc) is 3.07. The summed E-state index contributed by atoms with van der Waals surface area (Å²) < 4.78 is 28.8. The van der Waals surface area contributed by atoms with E-state index in [0.717, 1.165) is 16.9 Å². The van der Waals surface area contributed by atoms with Gasteiger partial charge in [-0.05, 0) is 18.6 Å². The van der Waals surface area contributed by atoms with Gasteiger partial charge in [0, 0.05) is 31.6 Å². The molecule has 0 saturated heterocycles. The van der Waals surface area contributed by atoms with E-state index in [9.17, 15) is 8.42 Å². The first-order chi connectivity index (χ1) is 11.6. The second-order valence-corrected chi connectivity index (χ2v) is 7.02. The molecule has 1 aromatic carbocycles. The van der Waals surface area contributed by atoms with E-state index in [4.69, 9.17) is 0 Å². The van der Waals surface area contributed by atoms with Crippen molar-refractivity contribution in [2.75, 3.05) is 6.54 Å². The quantitative estimate of drug-likeness (QED) is 0.732. The molecule has 24 heavy (non-hydrogen) atoms. The molecule has 0 amide bonds. The molecule has 0 saturated carbocycles. The smallest absolute Gasteiger partial charge is 0.243 e. The molecule has 0 aliphatic carbocycles. The summed E-state index contributed by atoms with van der Waals surface area (Å²) in [5.74, 6) is 0. The SMILES string of the molecule is Cc1ccccc1-n1cc(S(=O)(=O)NCCc2cnccn2)cn1. The molecule has 1 N–H and O–H groups in total. The number of nitrogens with zero attached hydrogens (tertiary/aromatic N) is 4. The molecule has 7 nitrogen and oxygen atoms in total. The van der Waals surface area contributed by atoms with E-state index in [1.165, 1.54) is 12.4 Å². The maximum atomic E-state index is 12.4. The van der Waals surface area contributed by atoms with Crippen LogP contribution in [0.25, 0.3) is 5.69 Å². The summed E-state index contributed by atoms with van der Waals surface area (Å²) in [6, 6.07) is 7.65. The second kappa shape index (κ2) is 6.90. The van der Waals surface area contributed by atoms with Crippen molar-refractivity contribution in [1.82, 2.24) is 24.5 Å². The minimum Gasteiger partial charge on any atom is -0.261 e. The van der Waals surface area contributed by atoms with Gasteiger partial charge in [0.25, 0.3) is 0 Å². The number of hydrogen-bond acceptors (Lipinski definition) is 5. The highest BCUT2D eigenvalue weighted by Gasteiger charge is 2.16. The minimum absolute atomic E-state index is 0.130. The predicted molar refractivity (Wildman–Crippen MR) is 89.2 cm³/mol. The summed E-state index contributed by atoms with van der Waals surface area (Å²) in [6.07, 6.45) is 8.09. The number of aromatic nitrogens is 4. The van der Waals surface area contributed by atoms with Crippen LogP contribution in [-0.4, -0.2) is 34.7 Å². The number of hydrogen-bond donors (Lipinski definition) is 1. The van der Waals surface area contributed by atoms with Gasteiger partial charge in [0.1, 0.15) is 4.90 Å². The normalized spacial score (nSPS) is 11.5. The first kappa shape index (κ1) is 16.3. The number of nitrogens with one attached hydrogen (secondary N) is 1. The number of sulfonamides is 1. The van der Waals surface area contributed by atoms with Gasteiger partial charge in [0.2, 0.25) is 10.0 Å². The Balaban J connectivity index is 1.70. The third-order valence-electron chi connectivity index (χ3n) is 3.52. The molecule has 0 atom stereocenters. The lowest BCUT2D eigenvalue weighted by molar-refractivity contribution is 0.581. The van der Waals surface area contributed by atoms with Crippen LogP contribution in [0.4, 0.5) is 0 Å².